The third-order valence-corrected chi connectivity index (χ3v) is 4.65. The van der Waals surface area contributed by atoms with Crippen LogP contribution < -0.4 is 5.32 Å². The summed E-state index contributed by atoms with van der Waals surface area (Å²) in [6.45, 7) is 5.98. The largest absolute Gasteiger partial charge is 0.392 e. The zero-order valence-electron chi connectivity index (χ0n) is 14.3. The lowest BCUT2D eigenvalue weighted by atomic mass is 9.95. The minimum atomic E-state index is 0.0963. The van der Waals surface area contributed by atoms with Crippen LogP contribution in [0.3, 0.4) is 0 Å². The summed E-state index contributed by atoms with van der Waals surface area (Å²) in [4.78, 5) is 14.6. The quantitative estimate of drug-likeness (QED) is 0.725. The molecule has 1 aromatic carbocycles. The second-order valence-electron chi connectivity index (χ2n) is 6.52. The number of likely N-dealkylation sites (tertiary alicyclic amines) is 1. The molecule has 1 fully saturated rings. The monoisotopic (exact) mass is 318 g/mol. The number of amides is 1. The Labute approximate surface area is 139 Å². The van der Waals surface area contributed by atoms with Crippen LogP contribution in [0.4, 0.5) is 0 Å². The lowest BCUT2D eigenvalue weighted by Gasteiger charge is -2.31. The van der Waals surface area contributed by atoms with Gasteiger partial charge in [-0.15, -0.1) is 0 Å². The van der Waals surface area contributed by atoms with Crippen LogP contribution in [-0.2, 0) is 17.9 Å². The highest BCUT2D eigenvalue weighted by atomic mass is 16.3. The van der Waals surface area contributed by atoms with Gasteiger partial charge in [-0.2, -0.15) is 0 Å². The predicted octanol–water partition coefficient (Wildman–Crippen LogP) is 2.70. The number of nitrogens with one attached hydrogen (secondary N) is 1. The second kappa shape index (κ2) is 9.68. The third-order valence-electron chi connectivity index (χ3n) is 4.65. The van der Waals surface area contributed by atoms with Crippen LogP contribution in [0, 0.1) is 5.92 Å². The number of aliphatic hydroxyl groups excluding tert-OH is 1. The van der Waals surface area contributed by atoms with E-state index in [1.165, 1.54) is 18.4 Å². The first kappa shape index (κ1) is 18.0. The molecule has 4 heteroatoms. The summed E-state index contributed by atoms with van der Waals surface area (Å²) in [6, 6.07) is 8.12. The molecule has 0 bridgehead atoms. The van der Waals surface area contributed by atoms with Gasteiger partial charge in [0.1, 0.15) is 0 Å². The van der Waals surface area contributed by atoms with Gasteiger partial charge in [-0.05, 0) is 43.5 Å². The maximum absolute atomic E-state index is 12.1. The van der Waals surface area contributed by atoms with Crippen molar-refractivity contribution >= 4 is 5.91 Å². The highest BCUT2D eigenvalue weighted by Gasteiger charge is 2.24. The fourth-order valence-corrected chi connectivity index (χ4v) is 3.09. The van der Waals surface area contributed by atoms with Gasteiger partial charge in [-0.25, -0.2) is 0 Å². The molecule has 128 valence electrons. The molecule has 1 saturated heterocycles. The second-order valence-corrected chi connectivity index (χ2v) is 6.52. The van der Waals surface area contributed by atoms with E-state index < -0.39 is 0 Å². The van der Waals surface area contributed by atoms with Crippen molar-refractivity contribution in [2.24, 2.45) is 5.92 Å². The first-order chi connectivity index (χ1) is 11.2. The highest BCUT2D eigenvalue weighted by molar-refractivity contribution is 5.78. The van der Waals surface area contributed by atoms with Gasteiger partial charge in [-0.1, -0.05) is 44.0 Å². The van der Waals surface area contributed by atoms with Gasteiger partial charge in [0.05, 0.1) is 6.61 Å². The summed E-state index contributed by atoms with van der Waals surface area (Å²) in [5.74, 6) is 0.428. The summed E-state index contributed by atoms with van der Waals surface area (Å²) < 4.78 is 0. The minimum Gasteiger partial charge on any atom is -0.392 e. The van der Waals surface area contributed by atoms with E-state index in [2.05, 4.69) is 29.3 Å². The van der Waals surface area contributed by atoms with Crippen molar-refractivity contribution < 1.29 is 9.90 Å². The standard InChI is InChI=1S/C19H30N2O2/c1-2-3-4-11-20-19(23)18-9-12-21(13-10-18)14-16-5-7-17(15-22)8-6-16/h5-8,18,22H,2-4,9-15H2,1H3,(H,20,23). The number of benzene rings is 1. The number of unbranched alkanes of at least 4 members (excludes halogenated alkanes) is 2. The third kappa shape index (κ3) is 5.96. The molecule has 0 aliphatic carbocycles. The number of nitrogens with zero attached hydrogens (tertiary/aromatic N) is 1. The van der Waals surface area contributed by atoms with E-state index in [0.29, 0.717) is 0 Å². The maximum Gasteiger partial charge on any atom is 0.223 e. The normalized spacial score (nSPS) is 16.4. The van der Waals surface area contributed by atoms with Crippen LogP contribution in [0.1, 0.15) is 50.2 Å². The van der Waals surface area contributed by atoms with Crippen molar-refractivity contribution in [2.45, 2.75) is 52.2 Å². The molecule has 0 unspecified atom stereocenters. The topological polar surface area (TPSA) is 52.6 Å². The Balaban J connectivity index is 1.69. The summed E-state index contributed by atoms with van der Waals surface area (Å²) in [5, 5.41) is 12.2. The number of carbonyl (C=O) groups is 1. The van der Waals surface area contributed by atoms with E-state index in [9.17, 15) is 4.79 Å². The Morgan fingerprint density at radius 3 is 2.43 bits per heavy atom. The van der Waals surface area contributed by atoms with Crippen LogP contribution in [-0.4, -0.2) is 35.5 Å². The van der Waals surface area contributed by atoms with E-state index in [4.69, 9.17) is 5.11 Å². The number of carbonyl (C=O) groups excluding carboxylic acids is 1. The number of rotatable bonds is 8. The molecule has 0 aromatic heterocycles. The van der Waals surface area contributed by atoms with Crippen molar-refractivity contribution in [1.29, 1.82) is 0 Å². The molecule has 1 aromatic rings. The first-order valence-electron chi connectivity index (χ1n) is 8.91. The number of hydrogen-bond donors (Lipinski definition) is 2. The molecule has 1 amide bonds. The van der Waals surface area contributed by atoms with Crippen molar-refractivity contribution in [1.82, 2.24) is 10.2 Å². The van der Waals surface area contributed by atoms with Gasteiger partial charge in [0, 0.05) is 19.0 Å². The molecule has 0 spiro atoms. The van der Waals surface area contributed by atoms with Crippen LogP contribution in [0.5, 0.6) is 0 Å². The van der Waals surface area contributed by atoms with Crippen LogP contribution >= 0.6 is 0 Å². The molecular formula is C19H30N2O2. The number of aliphatic hydroxyl groups is 1. The molecule has 1 aliphatic rings. The molecule has 23 heavy (non-hydrogen) atoms. The molecule has 1 heterocycles. The molecule has 4 nitrogen and oxygen atoms in total. The molecule has 2 rings (SSSR count). The fourth-order valence-electron chi connectivity index (χ4n) is 3.09. The van der Waals surface area contributed by atoms with Crippen molar-refractivity contribution in [3.63, 3.8) is 0 Å². The Bertz CT molecular complexity index is 465. The van der Waals surface area contributed by atoms with Gasteiger partial charge in [0.15, 0.2) is 0 Å². The van der Waals surface area contributed by atoms with Gasteiger partial charge >= 0.3 is 0 Å². The summed E-state index contributed by atoms with van der Waals surface area (Å²) in [6.07, 6.45) is 5.37. The SMILES string of the molecule is CCCCCNC(=O)C1CCN(Cc2ccc(CO)cc2)CC1. The Hall–Kier alpha value is -1.39. The van der Waals surface area contributed by atoms with Gasteiger partial charge in [-0.3, -0.25) is 9.69 Å². The molecule has 1 aliphatic heterocycles. The number of hydrogen-bond acceptors (Lipinski definition) is 3. The van der Waals surface area contributed by atoms with E-state index in [1.807, 2.05) is 12.1 Å². The van der Waals surface area contributed by atoms with Gasteiger partial charge < -0.3 is 10.4 Å². The average Bonchev–Trinajstić information content (AvgIpc) is 2.60. The van der Waals surface area contributed by atoms with Crippen molar-refractivity contribution in [3.8, 4) is 0 Å². The Morgan fingerprint density at radius 2 is 1.83 bits per heavy atom. The summed E-state index contributed by atoms with van der Waals surface area (Å²) >= 11 is 0. The zero-order chi connectivity index (χ0) is 16.5. The molecule has 0 saturated carbocycles. The van der Waals surface area contributed by atoms with Crippen molar-refractivity contribution in [2.75, 3.05) is 19.6 Å². The zero-order valence-corrected chi connectivity index (χ0v) is 14.3. The first-order valence-corrected chi connectivity index (χ1v) is 8.91. The summed E-state index contributed by atoms with van der Waals surface area (Å²) in [5.41, 5.74) is 2.22. The van der Waals surface area contributed by atoms with E-state index in [-0.39, 0.29) is 18.4 Å². The van der Waals surface area contributed by atoms with Gasteiger partial charge in [0.25, 0.3) is 0 Å². The maximum atomic E-state index is 12.1. The van der Waals surface area contributed by atoms with Gasteiger partial charge in [0.2, 0.25) is 5.91 Å². The predicted molar refractivity (Wildman–Crippen MR) is 92.9 cm³/mol. The van der Waals surface area contributed by atoms with Crippen molar-refractivity contribution in [3.05, 3.63) is 35.4 Å². The van der Waals surface area contributed by atoms with Crippen LogP contribution in [0.2, 0.25) is 0 Å². The Morgan fingerprint density at radius 1 is 1.17 bits per heavy atom. The highest BCUT2D eigenvalue weighted by Crippen LogP contribution is 2.19. The summed E-state index contributed by atoms with van der Waals surface area (Å²) in [7, 11) is 0. The van der Waals surface area contributed by atoms with E-state index >= 15 is 0 Å². The Kier molecular flexibility index (Phi) is 7.56. The number of piperidine rings is 1. The molecule has 0 radical (unpaired) electrons. The molecule has 2 N–H and O–H groups in total. The fraction of sp³-hybridized carbons (Fsp3) is 0.632. The average molecular weight is 318 g/mol. The minimum absolute atomic E-state index is 0.0963. The van der Waals surface area contributed by atoms with E-state index in [1.54, 1.807) is 0 Å². The van der Waals surface area contributed by atoms with Crippen LogP contribution in [0.25, 0.3) is 0 Å². The molecular weight excluding hydrogens is 288 g/mol. The molecule has 0 atom stereocenters. The van der Waals surface area contributed by atoms with Crippen LogP contribution in [0.15, 0.2) is 24.3 Å². The lowest BCUT2D eigenvalue weighted by Crippen LogP contribution is -2.40. The lowest BCUT2D eigenvalue weighted by molar-refractivity contribution is -0.126. The van der Waals surface area contributed by atoms with E-state index in [0.717, 1.165) is 51.0 Å². The smallest absolute Gasteiger partial charge is 0.223 e.